The van der Waals surface area contributed by atoms with Crippen molar-refractivity contribution < 1.29 is 0 Å². The van der Waals surface area contributed by atoms with E-state index in [2.05, 4.69) is 31.1 Å². The second kappa shape index (κ2) is 3.62. The molecule has 0 saturated heterocycles. The van der Waals surface area contributed by atoms with Crippen LogP contribution in [0.2, 0.25) is 0 Å². The molecular formula is C12H18N2. The van der Waals surface area contributed by atoms with Gasteiger partial charge in [0.15, 0.2) is 0 Å². The Hall–Kier alpha value is -1.02. The number of hydrogen-bond acceptors (Lipinski definition) is 2. The van der Waals surface area contributed by atoms with Crippen LogP contribution in [0.15, 0.2) is 18.2 Å². The number of nitrogen functional groups attached to an aromatic ring is 1. The van der Waals surface area contributed by atoms with Gasteiger partial charge in [0, 0.05) is 12.2 Å². The van der Waals surface area contributed by atoms with Crippen molar-refractivity contribution in [1.82, 2.24) is 4.90 Å². The standard InChI is InChI=1S/C12H18N2/c1-14(2)8-10-5-6-11(13)7-12(10)9-3-4-9/h5-7,9H,3-4,8,13H2,1-2H3. The maximum Gasteiger partial charge on any atom is 0.0317 e. The summed E-state index contributed by atoms with van der Waals surface area (Å²) in [7, 11) is 4.21. The lowest BCUT2D eigenvalue weighted by molar-refractivity contribution is 0.401. The lowest BCUT2D eigenvalue weighted by Gasteiger charge is -2.14. The van der Waals surface area contributed by atoms with Crippen molar-refractivity contribution in [2.75, 3.05) is 19.8 Å². The molecule has 2 rings (SSSR count). The quantitative estimate of drug-likeness (QED) is 0.740. The van der Waals surface area contributed by atoms with E-state index in [-0.39, 0.29) is 0 Å². The van der Waals surface area contributed by atoms with Gasteiger partial charge in [0.25, 0.3) is 0 Å². The fourth-order valence-corrected chi connectivity index (χ4v) is 1.87. The molecule has 0 spiro atoms. The zero-order valence-corrected chi connectivity index (χ0v) is 8.96. The lowest BCUT2D eigenvalue weighted by atomic mass is 10.0. The summed E-state index contributed by atoms with van der Waals surface area (Å²) in [6.45, 7) is 1.02. The first-order chi connectivity index (χ1) is 6.66. The predicted molar refractivity (Wildman–Crippen MR) is 60.2 cm³/mol. The number of rotatable bonds is 3. The molecule has 2 N–H and O–H groups in total. The number of nitrogens with zero attached hydrogens (tertiary/aromatic N) is 1. The highest BCUT2D eigenvalue weighted by Gasteiger charge is 2.25. The molecule has 2 heteroatoms. The van der Waals surface area contributed by atoms with Crippen molar-refractivity contribution in [3.63, 3.8) is 0 Å². The fourth-order valence-electron chi connectivity index (χ4n) is 1.87. The van der Waals surface area contributed by atoms with Crippen LogP contribution in [0.3, 0.4) is 0 Å². The van der Waals surface area contributed by atoms with Crippen LogP contribution in [-0.2, 0) is 6.54 Å². The number of nitrogens with two attached hydrogens (primary N) is 1. The van der Waals surface area contributed by atoms with Gasteiger partial charge in [-0.05, 0) is 56.1 Å². The van der Waals surface area contributed by atoms with E-state index in [1.807, 2.05) is 6.07 Å². The first-order valence-corrected chi connectivity index (χ1v) is 5.20. The zero-order valence-electron chi connectivity index (χ0n) is 8.96. The minimum Gasteiger partial charge on any atom is -0.399 e. The van der Waals surface area contributed by atoms with Crippen molar-refractivity contribution in [3.05, 3.63) is 29.3 Å². The normalized spacial score (nSPS) is 16.2. The maximum atomic E-state index is 5.81. The van der Waals surface area contributed by atoms with E-state index in [0.717, 1.165) is 18.2 Å². The Labute approximate surface area is 85.7 Å². The Morgan fingerprint density at radius 2 is 2.07 bits per heavy atom. The van der Waals surface area contributed by atoms with Crippen molar-refractivity contribution >= 4 is 5.69 Å². The molecule has 1 saturated carbocycles. The van der Waals surface area contributed by atoms with Crippen LogP contribution in [0, 0.1) is 0 Å². The van der Waals surface area contributed by atoms with E-state index < -0.39 is 0 Å². The highest BCUT2D eigenvalue weighted by Crippen LogP contribution is 2.42. The van der Waals surface area contributed by atoms with Crippen LogP contribution in [0.25, 0.3) is 0 Å². The van der Waals surface area contributed by atoms with Gasteiger partial charge in [0.1, 0.15) is 0 Å². The third-order valence-corrected chi connectivity index (χ3v) is 2.67. The lowest BCUT2D eigenvalue weighted by Crippen LogP contribution is -2.12. The van der Waals surface area contributed by atoms with Crippen LogP contribution in [0.1, 0.15) is 29.9 Å². The zero-order chi connectivity index (χ0) is 10.1. The molecule has 0 amide bonds. The van der Waals surface area contributed by atoms with Crippen LogP contribution in [-0.4, -0.2) is 19.0 Å². The van der Waals surface area contributed by atoms with E-state index in [1.165, 1.54) is 24.0 Å². The van der Waals surface area contributed by atoms with Crippen molar-refractivity contribution in [2.45, 2.75) is 25.3 Å². The van der Waals surface area contributed by atoms with Crippen molar-refractivity contribution in [1.29, 1.82) is 0 Å². The monoisotopic (exact) mass is 190 g/mol. The maximum absolute atomic E-state index is 5.81. The topological polar surface area (TPSA) is 29.3 Å². The van der Waals surface area contributed by atoms with Gasteiger partial charge in [-0.1, -0.05) is 6.07 Å². The van der Waals surface area contributed by atoms with Crippen LogP contribution < -0.4 is 5.73 Å². The summed E-state index contributed by atoms with van der Waals surface area (Å²) in [5.41, 5.74) is 9.62. The van der Waals surface area contributed by atoms with Crippen molar-refractivity contribution in [2.24, 2.45) is 0 Å². The highest BCUT2D eigenvalue weighted by atomic mass is 15.0. The first-order valence-electron chi connectivity index (χ1n) is 5.20. The smallest absolute Gasteiger partial charge is 0.0317 e. The number of anilines is 1. The Morgan fingerprint density at radius 3 is 2.64 bits per heavy atom. The Morgan fingerprint density at radius 1 is 1.36 bits per heavy atom. The van der Waals surface area contributed by atoms with Gasteiger partial charge in [-0.15, -0.1) is 0 Å². The van der Waals surface area contributed by atoms with Crippen LogP contribution in [0.4, 0.5) is 5.69 Å². The largest absolute Gasteiger partial charge is 0.399 e. The molecule has 0 radical (unpaired) electrons. The highest BCUT2D eigenvalue weighted by molar-refractivity contribution is 5.47. The summed E-state index contributed by atoms with van der Waals surface area (Å²) in [5.74, 6) is 0.786. The Bertz CT molecular complexity index is 327. The Kier molecular flexibility index (Phi) is 2.46. The average molecular weight is 190 g/mol. The third kappa shape index (κ3) is 2.07. The third-order valence-electron chi connectivity index (χ3n) is 2.67. The molecule has 1 aromatic rings. The van der Waals surface area contributed by atoms with Gasteiger partial charge in [0.2, 0.25) is 0 Å². The van der Waals surface area contributed by atoms with Crippen LogP contribution in [0.5, 0.6) is 0 Å². The molecule has 2 nitrogen and oxygen atoms in total. The molecule has 1 aliphatic rings. The molecular weight excluding hydrogens is 172 g/mol. The summed E-state index contributed by atoms with van der Waals surface area (Å²) in [5, 5.41) is 0. The molecule has 14 heavy (non-hydrogen) atoms. The molecule has 0 unspecified atom stereocenters. The van der Waals surface area contributed by atoms with Gasteiger partial charge >= 0.3 is 0 Å². The minimum absolute atomic E-state index is 0.786. The molecule has 0 aliphatic heterocycles. The molecule has 76 valence electrons. The minimum atomic E-state index is 0.786. The first kappa shape index (κ1) is 9.53. The van der Waals surface area contributed by atoms with E-state index in [4.69, 9.17) is 5.73 Å². The summed E-state index contributed by atoms with van der Waals surface area (Å²) in [6, 6.07) is 6.32. The molecule has 0 bridgehead atoms. The SMILES string of the molecule is CN(C)Cc1ccc(N)cc1C1CC1. The average Bonchev–Trinajstić information content (AvgIpc) is 2.90. The summed E-state index contributed by atoms with van der Waals surface area (Å²) in [6.07, 6.45) is 2.67. The molecule has 1 aliphatic carbocycles. The molecule has 1 fully saturated rings. The van der Waals surface area contributed by atoms with E-state index >= 15 is 0 Å². The second-order valence-corrected chi connectivity index (χ2v) is 4.47. The predicted octanol–water partition coefficient (Wildman–Crippen LogP) is 2.21. The van der Waals surface area contributed by atoms with Gasteiger partial charge in [-0.2, -0.15) is 0 Å². The molecule has 0 aromatic heterocycles. The molecule has 0 atom stereocenters. The summed E-state index contributed by atoms with van der Waals surface area (Å²) < 4.78 is 0. The summed E-state index contributed by atoms with van der Waals surface area (Å²) in [4.78, 5) is 2.21. The van der Waals surface area contributed by atoms with Gasteiger partial charge in [-0.25, -0.2) is 0 Å². The van der Waals surface area contributed by atoms with E-state index in [9.17, 15) is 0 Å². The fraction of sp³-hybridized carbons (Fsp3) is 0.500. The van der Waals surface area contributed by atoms with E-state index in [1.54, 1.807) is 0 Å². The Balaban J connectivity index is 2.27. The molecule has 0 heterocycles. The van der Waals surface area contributed by atoms with E-state index in [0.29, 0.717) is 0 Å². The van der Waals surface area contributed by atoms with Gasteiger partial charge < -0.3 is 10.6 Å². The van der Waals surface area contributed by atoms with Gasteiger partial charge in [0.05, 0.1) is 0 Å². The number of hydrogen-bond donors (Lipinski definition) is 1. The van der Waals surface area contributed by atoms with Crippen molar-refractivity contribution in [3.8, 4) is 0 Å². The van der Waals surface area contributed by atoms with Gasteiger partial charge in [-0.3, -0.25) is 0 Å². The second-order valence-electron chi connectivity index (χ2n) is 4.47. The van der Waals surface area contributed by atoms with Crippen LogP contribution >= 0.6 is 0 Å². The number of benzene rings is 1. The molecule has 1 aromatic carbocycles. The summed E-state index contributed by atoms with van der Waals surface area (Å²) >= 11 is 0.